The van der Waals surface area contributed by atoms with Crippen LogP contribution in [0.2, 0.25) is 0 Å². The number of amides is 1. The lowest BCUT2D eigenvalue weighted by atomic mass is 10.3. The maximum atomic E-state index is 11.0. The molecule has 1 amide bonds. The average molecular weight is 234 g/mol. The molecule has 1 aliphatic carbocycles. The quantitative estimate of drug-likeness (QED) is 0.784. The minimum absolute atomic E-state index is 0.0281. The molecule has 3 rings (SSSR count). The first-order valence-electron chi connectivity index (χ1n) is 5.82. The first-order chi connectivity index (χ1) is 8.29. The summed E-state index contributed by atoms with van der Waals surface area (Å²) in [5.41, 5.74) is 0. The highest BCUT2D eigenvalue weighted by Gasteiger charge is 2.24. The summed E-state index contributed by atoms with van der Waals surface area (Å²) in [6.45, 7) is 0.550. The molecule has 90 valence electrons. The molecule has 17 heavy (non-hydrogen) atoms. The summed E-state index contributed by atoms with van der Waals surface area (Å²) in [7, 11) is 0. The van der Waals surface area contributed by atoms with Gasteiger partial charge in [-0.1, -0.05) is 0 Å². The van der Waals surface area contributed by atoms with Gasteiger partial charge < -0.3 is 15.4 Å². The Morgan fingerprint density at radius 2 is 2.35 bits per heavy atom. The number of carbonyl (C=O) groups is 1. The van der Waals surface area contributed by atoms with E-state index in [1.54, 1.807) is 12.3 Å². The predicted molar refractivity (Wildman–Crippen MR) is 60.7 cm³/mol. The zero-order valence-corrected chi connectivity index (χ0v) is 9.35. The maximum absolute atomic E-state index is 11.0. The van der Waals surface area contributed by atoms with Crippen LogP contribution in [0, 0.1) is 0 Å². The van der Waals surface area contributed by atoms with Crippen molar-refractivity contribution in [1.82, 2.24) is 15.3 Å². The van der Waals surface area contributed by atoms with E-state index in [1.807, 2.05) is 0 Å². The Kier molecular flexibility index (Phi) is 2.55. The maximum Gasteiger partial charge on any atom is 0.226 e. The minimum atomic E-state index is -0.119. The van der Waals surface area contributed by atoms with Crippen LogP contribution in [-0.4, -0.2) is 34.6 Å². The van der Waals surface area contributed by atoms with Gasteiger partial charge in [0.1, 0.15) is 6.10 Å². The molecule has 1 aromatic rings. The Balaban J connectivity index is 1.63. The Morgan fingerprint density at radius 1 is 1.47 bits per heavy atom. The van der Waals surface area contributed by atoms with Crippen molar-refractivity contribution in [2.45, 2.75) is 31.4 Å². The van der Waals surface area contributed by atoms with E-state index in [2.05, 4.69) is 20.6 Å². The fourth-order valence-electron chi connectivity index (χ4n) is 1.72. The van der Waals surface area contributed by atoms with E-state index < -0.39 is 0 Å². The molecule has 0 bridgehead atoms. The summed E-state index contributed by atoms with van der Waals surface area (Å²) >= 11 is 0. The molecule has 1 unspecified atom stereocenters. The molecule has 2 heterocycles. The molecular weight excluding hydrogens is 220 g/mol. The van der Waals surface area contributed by atoms with Crippen LogP contribution in [0.5, 0.6) is 5.88 Å². The van der Waals surface area contributed by atoms with Crippen molar-refractivity contribution in [1.29, 1.82) is 0 Å². The fraction of sp³-hybridized carbons (Fsp3) is 0.545. The molecule has 0 radical (unpaired) electrons. The van der Waals surface area contributed by atoms with E-state index in [9.17, 15) is 4.79 Å². The molecule has 1 saturated carbocycles. The number of rotatable bonds is 4. The Labute approximate surface area is 98.8 Å². The molecule has 1 aromatic heterocycles. The lowest BCUT2D eigenvalue weighted by Crippen LogP contribution is -2.20. The number of hydrogen-bond acceptors (Lipinski definition) is 5. The van der Waals surface area contributed by atoms with E-state index in [-0.39, 0.29) is 12.0 Å². The largest absolute Gasteiger partial charge is 0.472 e. The van der Waals surface area contributed by atoms with E-state index in [0.717, 1.165) is 0 Å². The second kappa shape index (κ2) is 4.20. The fourth-order valence-corrected chi connectivity index (χ4v) is 1.72. The number of carbonyl (C=O) groups excluding carboxylic acids is 1. The molecule has 2 aliphatic rings. The van der Waals surface area contributed by atoms with Crippen molar-refractivity contribution in [3.05, 3.63) is 12.3 Å². The lowest BCUT2D eigenvalue weighted by Gasteiger charge is -2.11. The van der Waals surface area contributed by atoms with Crippen molar-refractivity contribution in [3.8, 4) is 5.88 Å². The van der Waals surface area contributed by atoms with E-state index in [4.69, 9.17) is 4.74 Å². The van der Waals surface area contributed by atoms with Gasteiger partial charge in [-0.2, -0.15) is 4.98 Å². The third kappa shape index (κ3) is 2.64. The van der Waals surface area contributed by atoms with Crippen molar-refractivity contribution in [2.24, 2.45) is 0 Å². The first-order valence-corrected chi connectivity index (χ1v) is 5.82. The Hall–Kier alpha value is -1.85. The van der Waals surface area contributed by atoms with Crippen molar-refractivity contribution in [2.75, 3.05) is 11.9 Å². The molecule has 1 saturated heterocycles. The van der Waals surface area contributed by atoms with Crippen LogP contribution in [0.4, 0.5) is 5.95 Å². The van der Waals surface area contributed by atoms with Crippen LogP contribution in [-0.2, 0) is 4.79 Å². The molecule has 1 aliphatic heterocycles. The second-order valence-corrected chi connectivity index (χ2v) is 4.39. The van der Waals surface area contributed by atoms with Gasteiger partial charge in [-0.3, -0.25) is 4.79 Å². The van der Waals surface area contributed by atoms with Crippen LogP contribution in [0.1, 0.15) is 19.3 Å². The van der Waals surface area contributed by atoms with Gasteiger partial charge >= 0.3 is 0 Å². The van der Waals surface area contributed by atoms with Gasteiger partial charge in [0, 0.05) is 18.3 Å². The van der Waals surface area contributed by atoms with Crippen LogP contribution in [0.3, 0.4) is 0 Å². The van der Waals surface area contributed by atoms with Gasteiger partial charge in [-0.05, 0) is 12.8 Å². The summed E-state index contributed by atoms with van der Waals surface area (Å²) < 4.78 is 5.61. The lowest BCUT2D eigenvalue weighted by molar-refractivity contribution is -0.119. The van der Waals surface area contributed by atoms with Crippen molar-refractivity contribution in [3.63, 3.8) is 0 Å². The Bertz CT molecular complexity index is 433. The van der Waals surface area contributed by atoms with Crippen LogP contribution >= 0.6 is 0 Å². The van der Waals surface area contributed by atoms with E-state index in [1.165, 1.54) is 12.8 Å². The highest BCUT2D eigenvalue weighted by Crippen LogP contribution is 2.23. The monoisotopic (exact) mass is 234 g/mol. The second-order valence-electron chi connectivity index (χ2n) is 4.39. The molecule has 2 N–H and O–H groups in total. The molecule has 1 atom stereocenters. The topological polar surface area (TPSA) is 76.1 Å². The van der Waals surface area contributed by atoms with E-state index >= 15 is 0 Å². The third-order valence-electron chi connectivity index (χ3n) is 2.77. The zero-order valence-electron chi connectivity index (χ0n) is 9.35. The SMILES string of the molecule is O=C1CC(Oc2ccnc(NC3CC3)n2)CN1. The van der Waals surface area contributed by atoms with Crippen molar-refractivity contribution >= 4 is 11.9 Å². The number of nitrogens with one attached hydrogen (secondary N) is 2. The number of anilines is 1. The normalized spacial score (nSPS) is 23.3. The predicted octanol–water partition coefficient (Wildman–Crippen LogP) is 0.318. The van der Waals surface area contributed by atoms with Gasteiger partial charge in [0.05, 0.1) is 13.0 Å². The van der Waals surface area contributed by atoms with Gasteiger partial charge in [-0.25, -0.2) is 4.98 Å². The summed E-state index contributed by atoms with van der Waals surface area (Å²) in [5.74, 6) is 1.15. The van der Waals surface area contributed by atoms with E-state index in [0.29, 0.717) is 30.8 Å². The molecule has 6 heteroatoms. The van der Waals surface area contributed by atoms with Crippen LogP contribution < -0.4 is 15.4 Å². The molecule has 6 nitrogen and oxygen atoms in total. The van der Waals surface area contributed by atoms with Gasteiger partial charge in [-0.15, -0.1) is 0 Å². The summed E-state index contributed by atoms with van der Waals surface area (Å²) in [4.78, 5) is 19.4. The average Bonchev–Trinajstić information content (AvgIpc) is 3.02. The highest BCUT2D eigenvalue weighted by atomic mass is 16.5. The number of ether oxygens (including phenoxy) is 1. The molecule has 0 spiro atoms. The number of hydrogen-bond donors (Lipinski definition) is 2. The van der Waals surface area contributed by atoms with Gasteiger partial charge in [0.2, 0.25) is 17.7 Å². The van der Waals surface area contributed by atoms with Crippen LogP contribution in [0.15, 0.2) is 12.3 Å². The molecular formula is C11H14N4O2. The number of nitrogens with zero attached hydrogens (tertiary/aromatic N) is 2. The summed E-state index contributed by atoms with van der Waals surface area (Å²) in [5, 5.41) is 5.93. The number of aromatic nitrogens is 2. The zero-order chi connectivity index (χ0) is 11.7. The standard InChI is InChI=1S/C11H14N4O2/c16-9-5-8(6-13-9)17-10-3-4-12-11(15-10)14-7-1-2-7/h3-4,7-8H,1-2,5-6H2,(H,13,16)(H,12,14,15). The van der Waals surface area contributed by atoms with Crippen LogP contribution in [0.25, 0.3) is 0 Å². The van der Waals surface area contributed by atoms with Crippen molar-refractivity contribution < 1.29 is 9.53 Å². The third-order valence-corrected chi connectivity index (χ3v) is 2.77. The highest BCUT2D eigenvalue weighted by molar-refractivity contribution is 5.78. The minimum Gasteiger partial charge on any atom is -0.472 e. The molecule has 0 aromatic carbocycles. The Morgan fingerprint density at radius 3 is 3.06 bits per heavy atom. The smallest absolute Gasteiger partial charge is 0.226 e. The first kappa shape index (κ1) is 10.3. The van der Waals surface area contributed by atoms with Gasteiger partial charge in [0.15, 0.2) is 0 Å². The summed E-state index contributed by atoms with van der Waals surface area (Å²) in [6.07, 6.45) is 4.30. The molecule has 2 fully saturated rings. The summed E-state index contributed by atoms with van der Waals surface area (Å²) in [6, 6.07) is 2.22. The van der Waals surface area contributed by atoms with Gasteiger partial charge in [0.25, 0.3) is 0 Å².